The molecular formula is C10H20N2. The van der Waals surface area contributed by atoms with Crippen molar-refractivity contribution in [1.29, 1.82) is 0 Å². The topological polar surface area (TPSA) is 15.3 Å². The lowest BCUT2D eigenvalue weighted by molar-refractivity contribution is 0.258. The lowest BCUT2D eigenvalue weighted by Gasteiger charge is -2.27. The summed E-state index contributed by atoms with van der Waals surface area (Å²) in [5.74, 6) is 0. The molecule has 0 aliphatic carbocycles. The minimum absolute atomic E-state index is 1.15. The van der Waals surface area contributed by atoms with Crippen molar-refractivity contribution in [2.24, 2.45) is 0 Å². The van der Waals surface area contributed by atoms with E-state index in [1.165, 1.54) is 26.1 Å². The van der Waals surface area contributed by atoms with Gasteiger partial charge in [0, 0.05) is 32.7 Å². The van der Waals surface area contributed by atoms with Gasteiger partial charge in [0.2, 0.25) is 0 Å². The third-order valence-electron chi connectivity index (χ3n) is 2.50. The molecule has 0 amide bonds. The van der Waals surface area contributed by atoms with Crippen molar-refractivity contribution in [1.82, 2.24) is 10.2 Å². The smallest absolute Gasteiger partial charge is 0.0193 e. The standard InChI is InChI=1S/C10H20N2/c1-3-10(4-2)9-12-7-5-11-6-8-12/h3,11H,4-9H2,1-2H3/b10-3+. The molecule has 1 fully saturated rings. The molecule has 0 bridgehead atoms. The van der Waals surface area contributed by atoms with Crippen LogP contribution in [0.2, 0.25) is 0 Å². The van der Waals surface area contributed by atoms with Crippen LogP contribution in [0.5, 0.6) is 0 Å². The highest BCUT2D eigenvalue weighted by atomic mass is 15.2. The number of rotatable bonds is 3. The van der Waals surface area contributed by atoms with Crippen LogP contribution in [0.15, 0.2) is 11.6 Å². The van der Waals surface area contributed by atoms with Gasteiger partial charge in [0.15, 0.2) is 0 Å². The number of hydrogen-bond donors (Lipinski definition) is 1. The zero-order valence-electron chi connectivity index (χ0n) is 8.27. The maximum Gasteiger partial charge on any atom is 0.0193 e. The molecule has 1 heterocycles. The molecule has 70 valence electrons. The second kappa shape index (κ2) is 5.33. The fourth-order valence-electron chi connectivity index (χ4n) is 1.56. The van der Waals surface area contributed by atoms with E-state index in [0.29, 0.717) is 0 Å². The summed E-state index contributed by atoms with van der Waals surface area (Å²) in [5.41, 5.74) is 1.57. The molecule has 1 aliphatic rings. The second-order valence-electron chi connectivity index (χ2n) is 3.33. The first-order chi connectivity index (χ1) is 5.86. The maximum atomic E-state index is 3.36. The molecule has 0 saturated carbocycles. The molecule has 0 spiro atoms. The monoisotopic (exact) mass is 168 g/mol. The molecule has 1 rings (SSSR count). The molecule has 1 N–H and O–H groups in total. The van der Waals surface area contributed by atoms with Gasteiger partial charge < -0.3 is 5.32 Å². The Bertz CT molecular complexity index is 146. The van der Waals surface area contributed by atoms with E-state index in [9.17, 15) is 0 Å². The Morgan fingerprint density at radius 3 is 2.58 bits per heavy atom. The summed E-state index contributed by atoms with van der Waals surface area (Å²) in [6.45, 7) is 10.3. The van der Waals surface area contributed by atoms with Crippen LogP contribution < -0.4 is 5.32 Å². The molecule has 2 heteroatoms. The Labute approximate surface area is 75.6 Å². The van der Waals surface area contributed by atoms with Crippen LogP contribution in [0.1, 0.15) is 20.3 Å². The second-order valence-corrected chi connectivity index (χ2v) is 3.33. The molecule has 0 aromatic heterocycles. The molecule has 0 unspecified atom stereocenters. The fourth-order valence-corrected chi connectivity index (χ4v) is 1.56. The summed E-state index contributed by atoms with van der Waals surface area (Å²) >= 11 is 0. The van der Waals surface area contributed by atoms with Crippen LogP contribution in [0.4, 0.5) is 0 Å². The van der Waals surface area contributed by atoms with Gasteiger partial charge >= 0.3 is 0 Å². The SMILES string of the molecule is C/C=C(\CC)CN1CCNCC1. The van der Waals surface area contributed by atoms with Gasteiger partial charge in [0.25, 0.3) is 0 Å². The van der Waals surface area contributed by atoms with Gasteiger partial charge in [-0.05, 0) is 13.3 Å². The molecule has 0 radical (unpaired) electrons. The van der Waals surface area contributed by atoms with E-state index >= 15 is 0 Å². The molecule has 0 atom stereocenters. The molecule has 2 nitrogen and oxygen atoms in total. The van der Waals surface area contributed by atoms with Crippen molar-refractivity contribution in [3.63, 3.8) is 0 Å². The van der Waals surface area contributed by atoms with Crippen LogP contribution in [0.3, 0.4) is 0 Å². The van der Waals surface area contributed by atoms with E-state index in [1.54, 1.807) is 5.57 Å². The summed E-state index contributed by atoms with van der Waals surface area (Å²) in [5, 5.41) is 3.36. The third-order valence-corrected chi connectivity index (χ3v) is 2.50. The summed E-state index contributed by atoms with van der Waals surface area (Å²) in [4.78, 5) is 2.52. The van der Waals surface area contributed by atoms with E-state index in [0.717, 1.165) is 13.1 Å². The van der Waals surface area contributed by atoms with Gasteiger partial charge in [-0.15, -0.1) is 0 Å². The van der Waals surface area contributed by atoms with Gasteiger partial charge in [-0.2, -0.15) is 0 Å². The third kappa shape index (κ3) is 2.95. The van der Waals surface area contributed by atoms with Crippen molar-refractivity contribution in [3.8, 4) is 0 Å². The van der Waals surface area contributed by atoms with E-state index < -0.39 is 0 Å². The van der Waals surface area contributed by atoms with Crippen molar-refractivity contribution in [2.75, 3.05) is 32.7 Å². The largest absolute Gasteiger partial charge is 0.314 e. The molecule has 1 aliphatic heterocycles. The maximum absolute atomic E-state index is 3.36. The lowest BCUT2D eigenvalue weighted by Crippen LogP contribution is -2.44. The first-order valence-electron chi connectivity index (χ1n) is 4.94. The molecular weight excluding hydrogens is 148 g/mol. The van der Waals surface area contributed by atoms with Crippen LogP contribution in [0, 0.1) is 0 Å². The van der Waals surface area contributed by atoms with Gasteiger partial charge in [0.1, 0.15) is 0 Å². The van der Waals surface area contributed by atoms with Crippen molar-refractivity contribution in [2.45, 2.75) is 20.3 Å². The predicted molar refractivity (Wildman–Crippen MR) is 53.4 cm³/mol. The van der Waals surface area contributed by atoms with Crippen LogP contribution in [0.25, 0.3) is 0 Å². The number of hydrogen-bond acceptors (Lipinski definition) is 2. The Morgan fingerprint density at radius 2 is 2.08 bits per heavy atom. The zero-order valence-corrected chi connectivity index (χ0v) is 8.27. The summed E-state index contributed by atoms with van der Waals surface area (Å²) < 4.78 is 0. The zero-order chi connectivity index (χ0) is 8.81. The normalized spacial score (nSPS) is 21.3. The fraction of sp³-hybridized carbons (Fsp3) is 0.800. The summed E-state index contributed by atoms with van der Waals surface area (Å²) in [7, 11) is 0. The number of allylic oxidation sites excluding steroid dienone is 1. The van der Waals surface area contributed by atoms with E-state index in [4.69, 9.17) is 0 Å². The minimum Gasteiger partial charge on any atom is -0.314 e. The van der Waals surface area contributed by atoms with Crippen molar-refractivity contribution in [3.05, 3.63) is 11.6 Å². The van der Waals surface area contributed by atoms with Crippen LogP contribution >= 0.6 is 0 Å². The van der Waals surface area contributed by atoms with E-state index in [-0.39, 0.29) is 0 Å². The lowest BCUT2D eigenvalue weighted by atomic mass is 10.2. The average molecular weight is 168 g/mol. The highest BCUT2D eigenvalue weighted by Crippen LogP contribution is 2.04. The van der Waals surface area contributed by atoms with Gasteiger partial charge in [-0.3, -0.25) is 4.90 Å². The first kappa shape index (κ1) is 9.75. The van der Waals surface area contributed by atoms with Crippen LogP contribution in [-0.2, 0) is 0 Å². The van der Waals surface area contributed by atoms with Gasteiger partial charge in [-0.1, -0.05) is 18.6 Å². The summed E-state index contributed by atoms with van der Waals surface area (Å²) in [6, 6.07) is 0. The molecule has 1 saturated heterocycles. The molecule has 0 aromatic rings. The predicted octanol–water partition coefficient (Wildman–Crippen LogP) is 1.25. The van der Waals surface area contributed by atoms with Crippen molar-refractivity contribution < 1.29 is 0 Å². The molecule has 12 heavy (non-hydrogen) atoms. The highest BCUT2D eigenvalue weighted by Gasteiger charge is 2.09. The number of piperazine rings is 1. The quantitative estimate of drug-likeness (QED) is 0.638. The first-order valence-corrected chi connectivity index (χ1v) is 4.94. The average Bonchev–Trinajstić information content (AvgIpc) is 2.16. The minimum atomic E-state index is 1.15. The van der Waals surface area contributed by atoms with E-state index in [1.807, 2.05) is 0 Å². The highest BCUT2D eigenvalue weighted by molar-refractivity contribution is 5.02. The molecule has 0 aromatic carbocycles. The Hall–Kier alpha value is -0.340. The van der Waals surface area contributed by atoms with Crippen molar-refractivity contribution >= 4 is 0 Å². The Balaban J connectivity index is 2.28. The van der Waals surface area contributed by atoms with Gasteiger partial charge in [0.05, 0.1) is 0 Å². The summed E-state index contributed by atoms with van der Waals surface area (Å²) in [6.07, 6.45) is 3.45. The number of nitrogens with one attached hydrogen (secondary N) is 1. The number of nitrogens with zero attached hydrogens (tertiary/aromatic N) is 1. The van der Waals surface area contributed by atoms with Gasteiger partial charge in [-0.25, -0.2) is 0 Å². The Kier molecular flexibility index (Phi) is 4.33. The van der Waals surface area contributed by atoms with E-state index in [2.05, 4.69) is 30.1 Å². The Morgan fingerprint density at radius 1 is 1.42 bits per heavy atom. The van der Waals surface area contributed by atoms with Crippen LogP contribution in [-0.4, -0.2) is 37.6 Å².